The molecule has 130 valence electrons. The van der Waals surface area contributed by atoms with Gasteiger partial charge in [0, 0.05) is 11.1 Å². The van der Waals surface area contributed by atoms with E-state index in [1.165, 1.54) is 6.33 Å². The lowest BCUT2D eigenvalue weighted by Gasteiger charge is -2.07. The normalized spacial score (nSPS) is 10.5. The predicted molar refractivity (Wildman–Crippen MR) is 98.3 cm³/mol. The van der Waals surface area contributed by atoms with E-state index in [1.807, 2.05) is 50.2 Å². The van der Waals surface area contributed by atoms with Crippen molar-refractivity contribution in [3.05, 3.63) is 88.8 Å². The van der Waals surface area contributed by atoms with Crippen molar-refractivity contribution in [2.75, 3.05) is 0 Å². The average Bonchev–Trinajstić information content (AvgIpc) is 2.65. The summed E-state index contributed by atoms with van der Waals surface area (Å²) in [6.45, 7) is 3.91. The zero-order valence-corrected chi connectivity index (χ0v) is 14.8. The van der Waals surface area contributed by atoms with Gasteiger partial charge in [0.1, 0.15) is 18.0 Å². The van der Waals surface area contributed by atoms with E-state index in [2.05, 4.69) is 15.0 Å². The van der Waals surface area contributed by atoms with Crippen LogP contribution in [0.1, 0.15) is 43.5 Å². The van der Waals surface area contributed by atoms with Crippen molar-refractivity contribution in [2.45, 2.75) is 26.7 Å². The number of nitrogens with zero attached hydrogens (tertiary/aromatic N) is 3. The summed E-state index contributed by atoms with van der Waals surface area (Å²) >= 11 is 0. The lowest BCUT2D eigenvalue weighted by atomic mass is 9.98. The Bertz CT molecular complexity index is 952. The fourth-order valence-electron chi connectivity index (χ4n) is 2.70. The van der Waals surface area contributed by atoms with Gasteiger partial charge in [0.25, 0.3) is 0 Å². The second kappa shape index (κ2) is 7.78. The summed E-state index contributed by atoms with van der Waals surface area (Å²) in [6, 6.07) is 14.7. The standard InChI is InChI=1S/C21H19N3O2/c1-14-7-6-10-17(15(14)2)19(26)12-21-23-13-22-20(24-21)11-18(25)16-8-4-3-5-9-16/h3-10,13H,11-12H2,1-2H3. The molecule has 5 heteroatoms. The third-order valence-electron chi connectivity index (χ3n) is 4.31. The first-order chi connectivity index (χ1) is 12.5. The van der Waals surface area contributed by atoms with E-state index >= 15 is 0 Å². The Kier molecular flexibility index (Phi) is 5.27. The van der Waals surface area contributed by atoms with E-state index in [-0.39, 0.29) is 24.4 Å². The van der Waals surface area contributed by atoms with Crippen LogP contribution in [0.3, 0.4) is 0 Å². The lowest BCUT2D eigenvalue weighted by Crippen LogP contribution is -2.13. The summed E-state index contributed by atoms with van der Waals surface area (Å²) in [5.74, 6) is 0.640. The lowest BCUT2D eigenvalue weighted by molar-refractivity contribution is 0.0985. The number of carbonyl (C=O) groups excluding carboxylic acids is 2. The Labute approximate surface area is 152 Å². The van der Waals surface area contributed by atoms with Gasteiger partial charge in [0.15, 0.2) is 11.6 Å². The maximum absolute atomic E-state index is 12.6. The van der Waals surface area contributed by atoms with Gasteiger partial charge in [-0.1, -0.05) is 48.5 Å². The quantitative estimate of drug-likeness (QED) is 0.641. The zero-order valence-electron chi connectivity index (χ0n) is 14.8. The molecule has 0 atom stereocenters. The molecule has 0 saturated carbocycles. The average molecular weight is 345 g/mol. The van der Waals surface area contributed by atoms with Gasteiger partial charge in [-0.05, 0) is 25.0 Å². The van der Waals surface area contributed by atoms with Crippen LogP contribution in [0.5, 0.6) is 0 Å². The predicted octanol–water partition coefficient (Wildman–Crippen LogP) is 3.34. The molecule has 0 aliphatic heterocycles. The fraction of sp³-hybridized carbons (Fsp3) is 0.190. The van der Waals surface area contributed by atoms with Crippen LogP contribution in [0.25, 0.3) is 0 Å². The highest BCUT2D eigenvalue weighted by Crippen LogP contribution is 2.15. The Balaban J connectivity index is 1.74. The van der Waals surface area contributed by atoms with Crippen LogP contribution < -0.4 is 0 Å². The maximum atomic E-state index is 12.6. The van der Waals surface area contributed by atoms with Crippen LogP contribution >= 0.6 is 0 Å². The van der Waals surface area contributed by atoms with Gasteiger partial charge < -0.3 is 0 Å². The van der Waals surface area contributed by atoms with Gasteiger partial charge >= 0.3 is 0 Å². The molecule has 26 heavy (non-hydrogen) atoms. The molecule has 0 radical (unpaired) electrons. The first-order valence-corrected chi connectivity index (χ1v) is 8.39. The van der Waals surface area contributed by atoms with Crippen LogP contribution in [0.15, 0.2) is 54.9 Å². The van der Waals surface area contributed by atoms with Crippen molar-refractivity contribution in [2.24, 2.45) is 0 Å². The summed E-state index contributed by atoms with van der Waals surface area (Å²) in [7, 11) is 0. The molecule has 0 aliphatic rings. The highest BCUT2D eigenvalue weighted by Gasteiger charge is 2.14. The molecule has 0 fully saturated rings. The van der Waals surface area contributed by atoms with Crippen LogP contribution in [0, 0.1) is 13.8 Å². The number of rotatable bonds is 6. The molecule has 3 rings (SSSR count). The third-order valence-corrected chi connectivity index (χ3v) is 4.31. The minimum atomic E-state index is -0.0661. The van der Waals surface area contributed by atoms with Crippen molar-refractivity contribution in [1.82, 2.24) is 15.0 Å². The smallest absolute Gasteiger partial charge is 0.170 e. The second-order valence-corrected chi connectivity index (χ2v) is 6.13. The van der Waals surface area contributed by atoms with E-state index in [4.69, 9.17) is 0 Å². The Morgan fingerprint density at radius 2 is 1.46 bits per heavy atom. The van der Waals surface area contributed by atoms with E-state index < -0.39 is 0 Å². The molecule has 1 aromatic heterocycles. The number of hydrogen-bond donors (Lipinski definition) is 0. The molecule has 0 aliphatic carbocycles. The number of aryl methyl sites for hydroxylation is 1. The molecular weight excluding hydrogens is 326 g/mol. The number of hydrogen-bond acceptors (Lipinski definition) is 5. The molecule has 5 nitrogen and oxygen atoms in total. The zero-order chi connectivity index (χ0) is 18.5. The van der Waals surface area contributed by atoms with E-state index in [0.29, 0.717) is 22.8 Å². The van der Waals surface area contributed by atoms with E-state index in [0.717, 1.165) is 11.1 Å². The summed E-state index contributed by atoms with van der Waals surface area (Å²) in [6.07, 6.45) is 1.52. The molecule has 0 saturated heterocycles. The first-order valence-electron chi connectivity index (χ1n) is 8.39. The first kappa shape index (κ1) is 17.6. The minimum Gasteiger partial charge on any atom is -0.294 e. The Morgan fingerprint density at radius 3 is 2.15 bits per heavy atom. The summed E-state index contributed by atoms with van der Waals surface area (Å²) in [4.78, 5) is 37.3. The van der Waals surface area contributed by atoms with Crippen LogP contribution in [0.2, 0.25) is 0 Å². The molecule has 0 unspecified atom stereocenters. The largest absolute Gasteiger partial charge is 0.294 e. The summed E-state index contributed by atoms with van der Waals surface area (Å²) in [5.41, 5.74) is 3.32. The summed E-state index contributed by atoms with van der Waals surface area (Å²) in [5, 5.41) is 0. The number of benzene rings is 2. The topological polar surface area (TPSA) is 72.8 Å². The van der Waals surface area contributed by atoms with E-state index in [1.54, 1.807) is 12.1 Å². The Hall–Kier alpha value is -3.21. The maximum Gasteiger partial charge on any atom is 0.170 e. The van der Waals surface area contributed by atoms with E-state index in [9.17, 15) is 9.59 Å². The second-order valence-electron chi connectivity index (χ2n) is 6.13. The van der Waals surface area contributed by atoms with Gasteiger partial charge in [0.05, 0.1) is 12.8 Å². The fourth-order valence-corrected chi connectivity index (χ4v) is 2.70. The summed E-state index contributed by atoms with van der Waals surface area (Å²) < 4.78 is 0. The van der Waals surface area contributed by atoms with Crippen LogP contribution in [0.4, 0.5) is 0 Å². The highest BCUT2D eigenvalue weighted by molar-refractivity contribution is 5.99. The number of aromatic nitrogens is 3. The van der Waals surface area contributed by atoms with Crippen LogP contribution in [-0.4, -0.2) is 26.5 Å². The van der Waals surface area contributed by atoms with Crippen LogP contribution in [-0.2, 0) is 12.8 Å². The van der Waals surface area contributed by atoms with Gasteiger partial charge in [-0.25, -0.2) is 15.0 Å². The van der Waals surface area contributed by atoms with Gasteiger partial charge in [-0.3, -0.25) is 9.59 Å². The number of ketones is 2. The molecule has 3 aromatic rings. The molecule has 0 spiro atoms. The van der Waals surface area contributed by atoms with Crippen molar-refractivity contribution in [3.8, 4) is 0 Å². The molecule has 0 N–H and O–H groups in total. The van der Waals surface area contributed by atoms with Crippen molar-refractivity contribution < 1.29 is 9.59 Å². The van der Waals surface area contributed by atoms with Gasteiger partial charge in [-0.15, -0.1) is 0 Å². The minimum absolute atomic E-state index is 0.0438. The number of Topliss-reactive ketones (excluding diaryl/α,β-unsaturated/α-hetero) is 2. The van der Waals surface area contributed by atoms with Gasteiger partial charge in [0.2, 0.25) is 0 Å². The SMILES string of the molecule is Cc1cccc(C(=O)Cc2ncnc(CC(=O)c3ccccc3)n2)c1C. The van der Waals surface area contributed by atoms with Gasteiger partial charge in [-0.2, -0.15) is 0 Å². The monoisotopic (exact) mass is 345 g/mol. The van der Waals surface area contributed by atoms with Crippen molar-refractivity contribution >= 4 is 11.6 Å². The van der Waals surface area contributed by atoms with Crippen molar-refractivity contribution in [1.29, 1.82) is 0 Å². The highest BCUT2D eigenvalue weighted by atomic mass is 16.1. The van der Waals surface area contributed by atoms with Crippen molar-refractivity contribution in [3.63, 3.8) is 0 Å². The molecular formula is C21H19N3O2. The third kappa shape index (κ3) is 4.06. The molecule has 1 heterocycles. The molecule has 2 aromatic carbocycles. The molecule has 0 bridgehead atoms. The number of carbonyl (C=O) groups is 2. The Morgan fingerprint density at radius 1 is 0.808 bits per heavy atom. The molecule has 0 amide bonds.